The molecule has 1 atom stereocenters. The third kappa shape index (κ3) is 6.87. The van der Waals surface area contributed by atoms with Gasteiger partial charge in [0.25, 0.3) is 0 Å². The summed E-state index contributed by atoms with van der Waals surface area (Å²) in [5.41, 5.74) is 0. The lowest BCUT2D eigenvalue weighted by molar-refractivity contribution is 0.362. The van der Waals surface area contributed by atoms with Crippen molar-refractivity contribution in [2.75, 3.05) is 13.3 Å². The van der Waals surface area contributed by atoms with Crippen LogP contribution < -0.4 is 0 Å². The molecule has 0 bridgehead atoms. The van der Waals surface area contributed by atoms with Crippen molar-refractivity contribution in [1.29, 1.82) is 0 Å². The molecule has 0 radical (unpaired) electrons. The topological polar surface area (TPSA) is 9.23 Å². The van der Waals surface area contributed by atoms with Crippen LogP contribution in [0.2, 0.25) is 0 Å². The molecule has 0 saturated carbocycles. The van der Waals surface area contributed by atoms with E-state index >= 15 is 0 Å². The first-order valence-electron chi connectivity index (χ1n) is 2.29. The van der Waals surface area contributed by atoms with E-state index in [0.29, 0.717) is 0 Å². The molecule has 0 aliphatic heterocycles. The summed E-state index contributed by atoms with van der Waals surface area (Å²) in [5, 5.41) is 0. The summed E-state index contributed by atoms with van der Waals surface area (Å²) in [7, 11) is 0. The van der Waals surface area contributed by atoms with Crippen LogP contribution in [0.25, 0.3) is 0 Å². The number of halogens is 1. The summed E-state index contributed by atoms with van der Waals surface area (Å²) < 4.78 is 5.17. The van der Waals surface area contributed by atoms with Gasteiger partial charge in [-0.15, -0.1) is 0 Å². The Kier molecular flexibility index (Phi) is 5.64. The zero-order valence-electron chi connectivity index (χ0n) is 4.65. The first-order chi connectivity index (χ1) is 3.27. The molecule has 0 saturated heterocycles. The Morgan fingerprint density at radius 1 is 1.71 bits per heavy atom. The molecule has 0 aromatic carbocycles. The second kappa shape index (κ2) is 5.02. The fraction of sp³-hybridized carbons (Fsp3) is 1.00. The van der Waals surface area contributed by atoms with Crippen LogP contribution in [0.5, 0.6) is 0 Å². The zero-order chi connectivity index (χ0) is 5.70. The highest BCUT2D eigenvalue weighted by atomic mass is 79.9. The van der Waals surface area contributed by atoms with Gasteiger partial charge in [-0.3, -0.25) is 0 Å². The van der Waals surface area contributed by atoms with E-state index in [9.17, 15) is 0 Å². The monoisotopic (exact) mass is 184 g/mol. The number of rotatable bonds is 3. The summed E-state index contributed by atoms with van der Waals surface area (Å²) in [6.07, 6.45) is 1.11. The van der Waals surface area contributed by atoms with Gasteiger partial charge in [-0.05, 0) is 28.6 Å². The average Bonchev–Trinajstić information content (AvgIpc) is 1.61. The molecule has 7 heavy (non-hydrogen) atoms. The van der Waals surface area contributed by atoms with Gasteiger partial charge in [0.15, 0.2) is 0 Å². The van der Waals surface area contributed by atoms with Gasteiger partial charge in [0.05, 0.1) is 13.5 Å². The predicted octanol–water partition coefficient (Wildman–Crippen LogP) is 2.75. The maximum absolute atomic E-state index is 5.17. The van der Waals surface area contributed by atoms with Gasteiger partial charge >= 0.3 is 0 Å². The Bertz CT molecular complexity index is 40.7. The van der Waals surface area contributed by atoms with Crippen LogP contribution in [0.15, 0.2) is 0 Å². The van der Waals surface area contributed by atoms with E-state index in [2.05, 4.69) is 22.4 Å². The van der Waals surface area contributed by atoms with Gasteiger partial charge in [-0.1, -0.05) is 6.92 Å². The molecule has 0 rings (SSSR count). The second-order valence-corrected chi connectivity index (χ2v) is 5.35. The van der Waals surface area contributed by atoms with E-state index in [0.717, 1.165) is 13.0 Å². The van der Waals surface area contributed by atoms with E-state index in [1.807, 2.05) is 6.66 Å². The van der Waals surface area contributed by atoms with Crippen LogP contribution in [-0.2, 0) is 4.52 Å². The Morgan fingerprint density at radius 3 is 2.43 bits per heavy atom. The molecular weight excluding hydrogens is 175 g/mol. The lowest BCUT2D eigenvalue weighted by Crippen LogP contribution is -1.80. The van der Waals surface area contributed by atoms with E-state index < -0.39 is 0 Å². The largest absolute Gasteiger partial charge is 0.348 e. The van der Waals surface area contributed by atoms with Crippen LogP contribution in [-0.4, -0.2) is 13.3 Å². The first kappa shape index (κ1) is 7.87. The summed E-state index contributed by atoms with van der Waals surface area (Å²) in [6.45, 7) is 4.72. The minimum absolute atomic E-state index is 0.294. The minimum atomic E-state index is -0.294. The molecule has 1 nitrogen and oxygen atoms in total. The van der Waals surface area contributed by atoms with Gasteiger partial charge in [-0.2, -0.15) is 0 Å². The second-order valence-electron chi connectivity index (χ2n) is 1.25. The van der Waals surface area contributed by atoms with Gasteiger partial charge in [0.1, 0.15) is 0 Å². The van der Waals surface area contributed by atoms with Gasteiger partial charge in [-0.25, -0.2) is 0 Å². The van der Waals surface area contributed by atoms with Crippen molar-refractivity contribution < 1.29 is 4.52 Å². The summed E-state index contributed by atoms with van der Waals surface area (Å²) in [4.78, 5) is 0. The Labute approximate surface area is 54.0 Å². The van der Waals surface area contributed by atoms with Crippen LogP contribution in [0.4, 0.5) is 0 Å². The summed E-state index contributed by atoms with van der Waals surface area (Å²) in [5.74, 6) is 0. The van der Waals surface area contributed by atoms with E-state index in [1.165, 1.54) is 0 Å². The van der Waals surface area contributed by atoms with Crippen LogP contribution in [0.1, 0.15) is 13.3 Å². The van der Waals surface area contributed by atoms with E-state index in [1.54, 1.807) is 0 Å². The molecule has 3 heteroatoms. The maximum atomic E-state index is 5.17. The normalized spacial score (nSPS) is 14.1. The van der Waals surface area contributed by atoms with Crippen molar-refractivity contribution in [1.82, 2.24) is 0 Å². The van der Waals surface area contributed by atoms with Crippen molar-refractivity contribution in [2.45, 2.75) is 13.3 Å². The third-order valence-electron chi connectivity index (χ3n) is 0.473. The Hall–Kier alpha value is 0.870. The molecule has 0 N–H and O–H groups in total. The third-order valence-corrected chi connectivity index (χ3v) is 1.63. The van der Waals surface area contributed by atoms with Gasteiger partial charge in [0.2, 0.25) is 0 Å². The molecule has 0 aliphatic rings. The zero-order valence-corrected chi connectivity index (χ0v) is 7.13. The molecule has 0 amide bonds. The molecule has 0 fully saturated rings. The molecule has 44 valence electrons. The molecule has 0 aromatic heterocycles. The summed E-state index contributed by atoms with van der Waals surface area (Å²) in [6, 6.07) is 0. The Balaban J connectivity index is 2.68. The SMILES string of the molecule is CCCOP(C)Br. The molecule has 1 unspecified atom stereocenters. The quantitative estimate of drug-likeness (QED) is 0.614. The average molecular weight is 185 g/mol. The fourth-order valence-corrected chi connectivity index (χ4v) is 1.09. The molecule has 0 aliphatic carbocycles. The molecule has 0 heterocycles. The number of hydrogen-bond donors (Lipinski definition) is 0. The highest BCUT2D eigenvalue weighted by Crippen LogP contribution is 2.40. The van der Waals surface area contributed by atoms with Gasteiger partial charge in [0, 0.05) is 0 Å². The van der Waals surface area contributed by atoms with E-state index in [-0.39, 0.29) is 6.85 Å². The van der Waals surface area contributed by atoms with E-state index in [4.69, 9.17) is 4.52 Å². The highest BCUT2D eigenvalue weighted by molar-refractivity contribution is 9.38. The summed E-state index contributed by atoms with van der Waals surface area (Å²) >= 11 is 3.32. The lowest BCUT2D eigenvalue weighted by atomic mass is 10.5. The first-order valence-corrected chi connectivity index (χ1v) is 6.02. The van der Waals surface area contributed by atoms with Crippen molar-refractivity contribution in [2.24, 2.45) is 0 Å². The predicted molar refractivity (Wildman–Crippen MR) is 38.0 cm³/mol. The standard InChI is InChI=1S/C4H10BrOP/c1-3-4-6-7(2)5/h3-4H2,1-2H3. The molecular formula is C4H10BrOP. The van der Waals surface area contributed by atoms with Gasteiger partial charge < -0.3 is 4.52 Å². The van der Waals surface area contributed by atoms with Crippen molar-refractivity contribution in [3.8, 4) is 0 Å². The molecule has 0 spiro atoms. The van der Waals surface area contributed by atoms with Crippen molar-refractivity contribution in [3.05, 3.63) is 0 Å². The van der Waals surface area contributed by atoms with Crippen LogP contribution in [0, 0.1) is 0 Å². The smallest absolute Gasteiger partial charge is 0.0953 e. The highest BCUT2D eigenvalue weighted by Gasteiger charge is 1.89. The van der Waals surface area contributed by atoms with Crippen LogP contribution in [0.3, 0.4) is 0 Å². The maximum Gasteiger partial charge on any atom is 0.0953 e. The minimum Gasteiger partial charge on any atom is -0.348 e. The fourth-order valence-electron chi connectivity index (χ4n) is 0.217. The van der Waals surface area contributed by atoms with Crippen molar-refractivity contribution in [3.63, 3.8) is 0 Å². The molecule has 0 aromatic rings. The number of hydrogen-bond acceptors (Lipinski definition) is 1. The van der Waals surface area contributed by atoms with Crippen molar-refractivity contribution >= 4 is 22.3 Å². The lowest BCUT2D eigenvalue weighted by Gasteiger charge is -2.00. The Morgan fingerprint density at radius 2 is 2.29 bits per heavy atom. The van der Waals surface area contributed by atoms with Crippen LogP contribution >= 0.6 is 22.3 Å².